The second-order valence-electron chi connectivity index (χ2n) is 8.62. The van der Waals surface area contributed by atoms with Crippen molar-refractivity contribution >= 4 is 28.6 Å². The minimum absolute atomic E-state index is 0.120. The number of amides is 1. The monoisotopic (exact) mass is 425 g/mol. The van der Waals surface area contributed by atoms with Crippen LogP contribution in [0.1, 0.15) is 45.5 Å². The third-order valence-electron chi connectivity index (χ3n) is 4.90. The number of hydrogen-bond donors (Lipinski definition) is 1. The van der Waals surface area contributed by atoms with Crippen LogP contribution in [0.15, 0.2) is 53.3 Å². The first-order valence-corrected chi connectivity index (χ1v) is 10.4. The van der Waals surface area contributed by atoms with E-state index in [9.17, 15) is 9.59 Å². The van der Waals surface area contributed by atoms with Crippen molar-refractivity contribution in [2.75, 3.05) is 0 Å². The standard InChI is InChI=1S/C23H24ClN3O3/c1-23(2,3)26-22(29)30-19(14-12-13-14)20-25-17-11-7-10-16(24)18(17)21(28)27(20)15-8-5-4-6-9-15/h4-11,14,19H,12-13H2,1-3H3,(H,26,29)/t19-/m0/s1. The molecule has 2 aromatic carbocycles. The number of carbonyl (C=O) groups is 1. The number of nitrogens with zero attached hydrogens (tertiary/aromatic N) is 2. The SMILES string of the molecule is CC(C)(C)NC(=O)O[C@H](c1nc2cccc(Cl)c2c(=O)n1-c1ccccc1)C1CC1. The molecule has 0 saturated heterocycles. The highest BCUT2D eigenvalue weighted by atomic mass is 35.5. The molecule has 0 spiro atoms. The summed E-state index contributed by atoms with van der Waals surface area (Å²) in [6.07, 6.45) is 0.653. The third-order valence-corrected chi connectivity index (χ3v) is 5.22. The van der Waals surface area contributed by atoms with Gasteiger partial charge in [-0.1, -0.05) is 35.9 Å². The van der Waals surface area contributed by atoms with Crippen LogP contribution in [-0.4, -0.2) is 21.2 Å². The van der Waals surface area contributed by atoms with Crippen molar-refractivity contribution < 1.29 is 9.53 Å². The average molecular weight is 426 g/mol. The zero-order valence-electron chi connectivity index (χ0n) is 17.2. The summed E-state index contributed by atoms with van der Waals surface area (Å²) in [5.41, 5.74) is 0.420. The second-order valence-corrected chi connectivity index (χ2v) is 9.03. The molecule has 7 heteroatoms. The van der Waals surface area contributed by atoms with E-state index in [4.69, 9.17) is 21.3 Å². The molecule has 1 aromatic heterocycles. The van der Waals surface area contributed by atoms with Gasteiger partial charge >= 0.3 is 6.09 Å². The van der Waals surface area contributed by atoms with Gasteiger partial charge in [-0.05, 0) is 57.9 Å². The number of aromatic nitrogens is 2. The highest BCUT2D eigenvalue weighted by Gasteiger charge is 2.39. The zero-order chi connectivity index (χ0) is 21.5. The summed E-state index contributed by atoms with van der Waals surface area (Å²) in [7, 11) is 0. The normalized spacial score (nSPS) is 15.1. The minimum Gasteiger partial charge on any atom is -0.438 e. The molecule has 30 heavy (non-hydrogen) atoms. The van der Waals surface area contributed by atoms with Crippen LogP contribution in [-0.2, 0) is 4.74 Å². The van der Waals surface area contributed by atoms with Gasteiger partial charge in [-0.25, -0.2) is 9.78 Å². The number of alkyl carbamates (subject to hydrolysis) is 1. The molecule has 4 rings (SSSR count). The topological polar surface area (TPSA) is 73.2 Å². The molecule has 3 aromatic rings. The van der Waals surface area contributed by atoms with Gasteiger partial charge < -0.3 is 10.1 Å². The maximum Gasteiger partial charge on any atom is 0.408 e. The fourth-order valence-electron chi connectivity index (χ4n) is 3.43. The Labute approximate surface area is 179 Å². The molecule has 1 amide bonds. The van der Waals surface area contributed by atoms with Crippen molar-refractivity contribution in [1.82, 2.24) is 14.9 Å². The molecule has 156 valence electrons. The highest BCUT2D eigenvalue weighted by molar-refractivity contribution is 6.35. The van der Waals surface area contributed by atoms with Crippen LogP contribution in [0.3, 0.4) is 0 Å². The van der Waals surface area contributed by atoms with Gasteiger partial charge in [0.1, 0.15) is 0 Å². The first kappa shape index (κ1) is 20.4. The summed E-state index contributed by atoms with van der Waals surface area (Å²) in [5, 5.41) is 3.52. The van der Waals surface area contributed by atoms with Crippen LogP contribution in [0.25, 0.3) is 16.6 Å². The van der Waals surface area contributed by atoms with Crippen LogP contribution in [0.4, 0.5) is 4.79 Å². The van der Waals surface area contributed by atoms with Gasteiger partial charge in [0.2, 0.25) is 0 Å². The fraction of sp³-hybridized carbons (Fsp3) is 0.348. The Balaban J connectivity index is 1.90. The van der Waals surface area contributed by atoms with Gasteiger partial charge in [0.05, 0.1) is 21.6 Å². The lowest BCUT2D eigenvalue weighted by atomic mass is 10.1. The van der Waals surface area contributed by atoms with Crippen molar-refractivity contribution in [3.63, 3.8) is 0 Å². The second kappa shape index (κ2) is 7.76. The van der Waals surface area contributed by atoms with Crippen LogP contribution >= 0.6 is 11.6 Å². The van der Waals surface area contributed by atoms with Crippen molar-refractivity contribution in [2.24, 2.45) is 5.92 Å². The molecule has 1 atom stereocenters. The highest BCUT2D eigenvalue weighted by Crippen LogP contribution is 2.43. The van der Waals surface area contributed by atoms with E-state index in [-0.39, 0.29) is 11.5 Å². The van der Waals surface area contributed by atoms with Gasteiger partial charge in [-0.3, -0.25) is 9.36 Å². The van der Waals surface area contributed by atoms with E-state index in [0.717, 1.165) is 12.8 Å². The molecule has 1 aliphatic carbocycles. The maximum atomic E-state index is 13.5. The molecule has 6 nitrogen and oxygen atoms in total. The Morgan fingerprint density at radius 1 is 1.17 bits per heavy atom. The zero-order valence-corrected chi connectivity index (χ0v) is 17.9. The lowest BCUT2D eigenvalue weighted by Crippen LogP contribution is -2.42. The lowest BCUT2D eigenvalue weighted by Gasteiger charge is -2.25. The molecule has 0 unspecified atom stereocenters. The van der Waals surface area contributed by atoms with Gasteiger partial charge in [0.25, 0.3) is 5.56 Å². The number of benzene rings is 2. The molecule has 0 bridgehead atoms. The third kappa shape index (κ3) is 4.19. The fourth-order valence-corrected chi connectivity index (χ4v) is 3.68. The summed E-state index contributed by atoms with van der Waals surface area (Å²) in [6.45, 7) is 5.66. The van der Waals surface area contributed by atoms with E-state index in [0.29, 0.717) is 27.4 Å². The van der Waals surface area contributed by atoms with Crippen LogP contribution in [0, 0.1) is 5.92 Å². The largest absolute Gasteiger partial charge is 0.438 e. The number of rotatable bonds is 4. The van der Waals surface area contributed by atoms with Gasteiger partial charge in [0.15, 0.2) is 11.9 Å². The Hall–Kier alpha value is -2.86. The van der Waals surface area contributed by atoms with Crippen molar-refractivity contribution in [1.29, 1.82) is 0 Å². The number of fused-ring (bicyclic) bond motifs is 1. The van der Waals surface area contributed by atoms with E-state index in [2.05, 4.69) is 5.32 Å². The van der Waals surface area contributed by atoms with Crippen LogP contribution in [0.2, 0.25) is 5.02 Å². The smallest absolute Gasteiger partial charge is 0.408 e. The van der Waals surface area contributed by atoms with Gasteiger partial charge in [-0.2, -0.15) is 0 Å². The molecule has 1 heterocycles. The Bertz CT molecular complexity index is 1150. The number of nitrogens with one attached hydrogen (secondary N) is 1. The molecular weight excluding hydrogens is 402 g/mol. The van der Waals surface area contributed by atoms with E-state index >= 15 is 0 Å². The van der Waals surface area contributed by atoms with Crippen molar-refractivity contribution in [3.8, 4) is 5.69 Å². The predicted octanol–water partition coefficient (Wildman–Crippen LogP) is 5.01. The number of halogens is 1. The molecule has 1 saturated carbocycles. The molecule has 0 radical (unpaired) electrons. The summed E-state index contributed by atoms with van der Waals surface area (Å²) >= 11 is 6.34. The summed E-state index contributed by atoms with van der Waals surface area (Å²) in [5.74, 6) is 0.529. The summed E-state index contributed by atoms with van der Waals surface area (Å²) in [6, 6.07) is 14.4. The predicted molar refractivity (Wildman–Crippen MR) is 117 cm³/mol. The lowest BCUT2D eigenvalue weighted by molar-refractivity contribution is 0.0729. The maximum absolute atomic E-state index is 13.5. The summed E-state index contributed by atoms with van der Waals surface area (Å²) in [4.78, 5) is 30.8. The number of hydrogen-bond acceptors (Lipinski definition) is 4. The average Bonchev–Trinajstić information content (AvgIpc) is 3.50. The summed E-state index contributed by atoms with van der Waals surface area (Å²) < 4.78 is 7.34. The molecule has 1 fully saturated rings. The van der Waals surface area contributed by atoms with Crippen molar-refractivity contribution in [3.05, 3.63) is 69.7 Å². The Morgan fingerprint density at radius 2 is 1.87 bits per heavy atom. The Morgan fingerprint density at radius 3 is 2.50 bits per heavy atom. The van der Waals surface area contributed by atoms with Gasteiger partial charge in [0, 0.05) is 11.5 Å². The van der Waals surface area contributed by atoms with E-state index < -0.39 is 17.7 Å². The number of para-hydroxylation sites is 1. The molecule has 1 N–H and O–H groups in total. The van der Waals surface area contributed by atoms with Crippen LogP contribution < -0.4 is 10.9 Å². The molecule has 1 aliphatic rings. The van der Waals surface area contributed by atoms with E-state index in [1.807, 2.05) is 51.1 Å². The van der Waals surface area contributed by atoms with Crippen LogP contribution in [0.5, 0.6) is 0 Å². The Kier molecular flexibility index (Phi) is 5.28. The first-order chi connectivity index (χ1) is 14.2. The number of ether oxygens (including phenoxy) is 1. The molecule has 0 aliphatic heterocycles. The van der Waals surface area contributed by atoms with E-state index in [1.54, 1.807) is 18.2 Å². The quantitative estimate of drug-likeness (QED) is 0.637. The number of carbonyl (C=O) groups excluding carboxylic acids is 1. The first-order valence-electron chi connectivity index (χ1n) is 10.00. The van der Waals surface area contributed by atoms with E-state index in [1.165, 1.54) is 4.57 Å². The van der Waals surface area contributed by atoms with Gasteiger partial charge in [-0.15, -0.1) is 0 Å². The molecular formula is C23H24ClN3O3. The minimum atomic E-state index is -0.636. The van der Waals surface area contributed by atoms with Crippen molar-refractivity contribution in [2.45, 2.75) is 45.3 Å².